The summed E-state index contributed by atoms with van der Waals surface area (Å²) in [6.45, 7) is 14.7. The van der Waals surface area contributed by atoms with Crippen molar-refractivity contribution in [3.8, 4) is 0 Å². The van der Waals surface area contributed by atoms with Gasteiger partial charge >= 0.3 is 0 Å². The van der Waals surface area contributed by atoms with Crippen molar-refractivity contribution in [1.82, 2.24) is 15.5 Å². The zero-order chi connectivity index (χ0) is 43.1. The van der Waals surface area contributed by atoms with Crippen molar-refractivity contribution in [2.75, 3.05) is 39.3 Å². The molecule has 0 aliphatic rings. The quantitative estimate of drug-likeness (QED) is 0.0533. The lowest BCUT2D eigenvalue weighted by Gasteiger charge is -2.22. The number of nitrogens with zero attached hydrogens (tertiary/aromatic N) is 1. The van der Waals surface area contributed by atoms with Gasteiger partial charge < -0.3 is 20.6 Å². The molecule has 0 spiro atoms. The van der Waals surface area contributed by atoms with Gasteiger partial charge in [0.25, 0.3) is 0 Å². The van der Waals surface area contributed by atoms with E-state index in [1.54, 1.807) is 0 Å². The maximum atomic E-state index is 13.1. The minimum Gasteiger partial charge on any atom is -0.396 e. The van der Waals surface area contributed by atoms with Crippen LogP contribution in [0, 0.1) is 11.8 Å². The fourth-order valence-electron chi connectivity index (χ4n) is 8.80. The highest BCUT2D eigenvalue weighted by Crippen LogP contribution is 2.21. The molecule has 352 valence electrons. The first-order valence-corrected chi connectivity index (χ1v) is 26.9. The van der Waals surface area contributed by atoms with Crippen LogP contribution in [0.25, 0.3) is 0 Å². The molecule has 0 saturated heterocycles. The van der Waals surface area contributed by atoms with E-state index in [-0.39, 0.29) is 11.8 Å². The zero-order valence-electron chi connectivity index (χ0n) is 40.7. The van der Waals surface area contributed by atoms with Gasteiger partial charge in [0.05, 0.1) is 0 Å². The van der Waals surface area contributed by atoms with Gasteiger partial charge in [-0.05, 0) is 90.3 Å². The van der Waals surface area contributed by atoms with Gasteiger partial charge in [-0.25, -0.2) is 0 Å². The average molecular weight is 834 g/mol. The third kappa shape index (κ3) is 40.7. The van der Waals surface area contributed by atoms with Crippen LogP contribution in [0.4, 0.5) is 0 Å². The lowest BCUT2D eigenvalue weighted by molar-refractivity contribution is -0.126. The first-order chi connectivity index (χ1) is 29.0. The SMILES string of the molecule is CCCCCCCCNC(=O)C(CCCCCC)CCCCCCCCN(CCCCCO)CCCCCCCCC(CCCCCC)C(=O)NCCCCCCCC. The molecule has 6 nitrogen and oxygen atoms in total. The molecule has 0 aromatic heterocycles. The molecule has 0 saturated carbocycles. The molecule has 0 fully saturated rings. The Bertz CT molecular complexity index is 792. The van der Waals surface area contributed by atoms with Gasteiger partial charge in [0.2, 0.25) is 11.8 Å². The van der Waals surface area contributed by atoms with Crippen LogP contribution in [0.2, 0.25) is 0 Å². The van der Waals surface area contributed by atoms with Crippen molar-refractivity contribution in [3.05, 3.63) is 0 Å². The van der Waals surface area contributed by atoms with Gasteiger partial charge in [0, 0.05) is 31.5 Å². The van der Waals surface area contributed by atoms with Gasteiger partial charge in [-0.3, -0.25) is 9.59 Å². The highest BCUT2D eigenvalue weighted by molar-refractivity contribution is 5.78. The summed E-state index contributed by atoms with van der Waals surface area (Å²) in [5.74, 6) is 1.07. The van der Waals surface area contributed by atoms with E-state index in [0.717, 1.165) is 64.5 Å². The van der Waals surface area contributed by atoms with Crippen molar-refractivity contribution in [2.24, 2.45) is 11.8 Å². The molecule has 6 heteroatoms. The Labute approximate surface area is 370 Å². The molecule has 0 rings (SSSR count). The minimum atomic E-state index is 0.210. The second-order valence-corrected chi connectivity index (χ2v) is 18.7. The van der Waals surface area contributed by atoms with E-state index in [1.165, 1.54) is 219 Å². The summed E-state index contributed by atoms with van der Waals surface area (Å²) >= 11 is 0. The molecule has 3 N–H and O–H groups in total. The van der Waals surface area contributed by atoms with Crippen LogP contribution in [0.3, 0.4) is 0 Å². The molecule has 59 heavy (non-hydrogen) atoms. The van der Waals surface area contributed by atoms with E-state index < -0.39 is 0 Å². The number of nitrogens with one attached hydrogen (secondary N) is 2. The summed E-state index contributed by atoms with van der Waals surface area (Å²) in [5, 5.41) is 15.9. The Morgan fingerprint density at radius 3 is 0.932 bits per heavy atom. The van der Waals surface area contributed by atoms with Crippen LogP contribution in [-0.2, 0) is 9.59 Å². The van der Waals surface area contributed by atoms with Crippen LogP contribution in [0.5, 0.6) is 0 Å². The highest BCUT2D eigenvalue weighted by atomic mass is 16.3. The Morgan fingerprint density at radius 1 is 0.356 bits per heavy atom. The summed E-state index contributed by atoms with van der Waals surface area (Å²) in [6, 6.07) is 0. The summed E-state index contributed by atoms with van der Waals surface area (Å²) in [5.41, 5.74) is 0. The second-order valence-electron chi connectivity index (χ2n) is 18.7. The number of hydrogen-bond acceptors (Lipinski definition) is 4. The topological polar surface area (TPSA) is 81.7 Å². The largest absolute Gasteiger partial charge is 0.396 e. The minimum absolute atomic E-state index is 0.210. The molecule has 2 unspecified atom stereocenters. The highest BCUT2D eigenvalue weighted by Gasteiger charge is 2.18. The van der Waals surface area contributed by atoms with Crippen molar-refractivity contribution < 1.29 is 14.7 Å². The second kappa shape index (κ2) is 47.9. The first-order valence-electron chi connectivity index (χ1n) is 26.9. The van der Waals surface area contributed by atoms with Gasteiger partial charge in [-0.15, -0.1) is 0 Å². The number of amides is 2. The Balaban J connectivity index is 4.42. The number of carbonyl (C=O) groups is 2. The monoisotopic (exact) mass is 834 g/mol. The smallest absolute Gasteiger partial charge is 0.223 e. The number of hydrogen-bond donors (Lipinski definition) is 3. The van der Waals surface area contributed by atoms with Gasteiger partial charge in [-0.2, -0.15) is 0 Å². The lowest BCUT2D eigenvalue weighted by Crippen LogP contribution is -2.31. The molecular formula is C53H107N3O3. The van der Waals surface area contributed by atoms with E-state index in [2.05, 4.69) is 43.2 Å². The normalized spacial score (nSPS) is 12.6. The first kappa shape index (κ1) is 57.9. The van der Waals surface area contributed by atoms with Crippen LogP contribution < -0.4 is 10.6 Å². The molecule has 2 amide bonds. The van der Waals surface area contributed by atoms with Gasteiger partial charge in [0.15, 0.2) is 0 Å². The lowest BCUT2D eigenvalue weighted by atomic mass is 9.93. The fourth-order valence-corrected chi connectivity index (χ4v) is 8.80. The number of unbranched alkanes of at least 4 members (excludes halogenated alkanes) is 28. The number of rotatable bonds is 49. The predicted octanol–water partition coefficient (Wildman–Crippen LogP) is 15.0. The molecule has 2 atom stereocenters. The Kier molecular flexibility index (Phi) is 47.0. The predicted molar refractivity (Wildman–Crippen MR) is 259 cm³/mol. The van der Waals surface area contributed by atoms with Crippen LogP contribution >= 0.6 is 0 Å². The van der Waals surface area contributed by atoms with E-state index in [9.17, 15) is 14.7 Å². The van der Waals surface area contributed by atoms with Crippen molar-refractivity contribution in [3.63, 3.8) is 0 Å². The summed E-state index contributed by atoms with van der Waals surface area (Å²) < 4.78 is 0. The van der Waals surface area contributed by atoms with E-state index in [4.69, 9.17) is 0 Å². The molecule has 0 bridgehead atoms. The molecule has 0 aliphatic carbocycles. The van der Waals surface area contributed by atoms with Crippen molar-refractivity contribution in [2.45, 2.75) is 278 Å². The van der Waals surface area contributed by atoms with Gasteiger partial charge in [-0.1, -0.05) is 207 Å². The fraction of sp³-hybridized carbons (Fsp3) is 0.962. The van der Waals surface area contributed by atoms with Crippen molar-refractivity contribution in [1.29, 1.82) is 0 Å². The van der Waals surface area contributed by atoms with E-state index in [0.29, 0.717) is 18.4 Å². The van der Waals surface area contributed by atoms with Crippen LogP contribution in [0.15, 0.2) is 0 Å². The number of carbonyl (C=O) groups excluding carboxylic acids is 2. The standard InChI is InChI=1S/C53H107N3O3/c1-5-9-13-17-25-34-44-54-52(58)50(40-30-15-11-7-3)42-32-23-19-21-27-36-46-56(48-38-29-39-49-57)47-37-28-22-20-24-33-43-51(41-31-16-12-8-4)53(59)55-45-35-26-18-14-10-6-2/h50-51,57H,5-49H2,1-4H3,(H,54,58)(H,55,59). The van der Waals surface area contributed by atoms with Gasteiger partial charge in [0.1, 0.15) is 0 Å². The molecule has 0 aromatic rings. The summed E-state index contributed by atoms with van der Waals surface area (Å²) in [7, 11) is 0. The molecule has 0 aromatic carbocycles. The Morgan fingerprint density at radius 2 is 0.610 bits per heavy atom. The zero-order valence-corrected chi connectivity index (χ0v) is 40.7. The maximum Gasteiger partial charge on any atom is 0.223 e. The van der Waals surface area contributed by atoms with Crippen molar-refractivity contribution >= 4 is 11.8 Å². The molecule has 0 heterocycles. The summed E-state index contributed by atoms with van der Waals surface area (Å²) in [4.78, 5) is 28.9. The molecular weight excluding hydrogens is 727 g/mol. The number of aliphatic hydroxyl groups is 1. The third-order valence-electron chi connectivity index (χ3n) is 12.9. The third-order valence-corrected chi connectivity index (χ3v) is 12.9. The Hall–Kier alpha value is -1.14. The van der Waals surface area contributed by atoms with Crippen LogP contribution in [0.1, 0.15) is 278 Å². The van der Waals surface area contributed by atoms with Crippen LogP contribution in [-0.4, -0.2) is 61.2 Å². The average Bonchev–Trinajstić information content (AvgIpc) is 3.24. The van der Waals surface area contributed by atoms with E-state index >= 15 is 0 Å². The van der Waals surface area contributed by atoms with E-state index in [1.807, 2.05) is 0 Å². The number of aliphatic hydroxyl groups excluding tert-OH is 1. The summed E-state index contributed by atoms with van der Waals surface area (Å²) in [6.07, 6.45) is 48.0. The maximum absolute atomic E-state index is 13.1. The molecule has 0 aliphatic heterocycles. The molecule has 0 radical (unpaired) electrons.